The van der Waals surface area contributed by atoms with Crippen LogP contribution in [0.3, 0.4) is 0 Å². The summed E-state index contributed by atoms with van der Waals surface area (Å²) in [4.78, 5) is 26.0. The van der Waals surface area contributed by atoms with Crippen molar-refractivity contribution in [1.29, 1.82) is 0 Å². The fraction of sp³-hybridized carbons (Fsp3) is 0.320. The second-order valence-electron chi connectivity index (χ2n) is 8.15. The fourth-order valence-electron chi connectivity index (χ4n) is 3.95. The Labute approximate surface area is 187 Å². The second kappa shape index (κ2) is 9.77. The molecular weight excluding hydrogens is 407 g/mol. The monoisotopic (exact) mass is 434 g/mol. The van der Waals surface area contributed by atoms with Crippen LogP contribution in [-0.2, 0) is 4.79 Å². The molecule has 32 heavy (non-hydrogen) atoms. The molecular formula is C25H27FN4O2. The largest absolute Gasteiger partial charge is 0.484 e. The highest BCUT2D eigenvalue weighted by molar-refractivity contribution is 5.78. The zero-order chi connectivity index (χ0) is 22.5. The van der Waals surface area contributed by atoms with E-state index in [1.165, 1.54) is 24.3 Å². The van der Waals surface area contributed by atoms with Crippen molar-refractivity contribution in [2.75, 3.05) is 38.7 Å². The normalized spacial score (nSPS) is 16.0. The van der Waals surface area contributed by atoms with Gasteiger partial charge in [0.1, 0.15) is 11.6 Å². The second-order valence-corrected chi connectivity index (χ2v) is 8.15. The molecule has 1 fully saturated rings. The quantitative estimate of drug-likeness (QED) is 0.584. The van der Waals surface area contributed by atoms with Crippen molar-refractivity contribution < 1.29 is 13.9 Å². The topological polar surface area (TPSA) is 58.6 Å². The smallest absolute Gasteiger partial charge is 0.260 e. The molecule has 166 valence electrons. The lowest BCUT2D eigenvalue weighted by atomic mass is 9.90. The molecule has 3 aromatic rings. The third-order valence-electron chi connectivity index (χ3n) is 5.63. The molecule has 1 atom stereocenters. The minimum absolute atomic E-state index is 0.0728. The molecule has 0 saturated carbocycles. The van der Waals surface area contributed by atoms with E-state index in [1.807, 2.05) is 48.3 Å². The van der Waals surface area contributed by atoms with E-state index in [9.17, 15) is 9.18 Å². The van der Waals surface area contributed by atoms with E-state index >= 15 is 0 Å². The number of carbonyl (C=O) groups is 1. The fourth-order valence-corrected chi connectivity index (χ4v) is 3.95. The standard InChI is InChI=1S/C25H27FN4O2/c1-29(2)25-27-15-22(18-7-4-3-5-8-18)24(28-25)19-9-6-14-30(16-19)23(31)17-32-21-12-10-20(26)11-13-21/h3-5,7-8,10-13,15,19H,6,9,14,16-17H2,1-2H3. The number of anilines is 1. The average molecular weight is 435 g/mol. The van der Waals surface area contributed by atoms with E-state index < -0.39 is 0 Å². The first-order chi connectivity index (χ1) is 15.5. The van der Waals surface area contributed by atoms with Gasteiger partial charge in [-0.1, -0.05) is 30.3 Å². The Bertz CT molecular complexity index is 1060. The van der Waals surface area contributed by atoms with Gasteiger partial charge in [0.25, 0.3) is 5.91 Å². The summed E-state index contributed by atoms with van der Waals surface area (Å²) in [6.45, 7) is 1.19. The van der Waals surface area contributed by atoms with Crippen LogP contribution >= 0.6 is 0 Å². The molecule has 1 saturated heterocycles. The van der Waals surface area contributed by atoms with E-state index in [-0.39, 0.29) is 24.2 Å². The number of piperidine rings is 1. The molecule has 7 heteroatoms. The van der Waals surface area contributed by atoms with Gasteiger partial charge in [-0.2, -0.15) is 0 Å². The number of hydrogen-bond acceptors (Lipinski definition) is 5. The van der Waals surface area contributed by atoms with Gasteiger partial charge in [-0.15, -0.1) is 0 Å². The molecule has 1 unspecified atom stereocenters. The van der Waals surface area contributed by atoms with Gasteiger partial charge < -0.3 is 14.5 Å². The maximum absolute atomic E-state index is 13.1. The van der Waals surface area contributed by atoms with Crippen molar-refractivity contribution in [3.05, 3.63) is 72.3 Å². The molecule has 1 aliphatic rings. The molecule has 0 aliphatic carbocycles. The van der Waals surface area contributed by atoms with Crippen molar-refractivity contribution in [3.8, 4) is 16.9 Å². The predicted molar refractivity (Wildman–Crippen MR) is 122 cm³/mol. The molecule has 0 radical (unpaired) electrons. The maximum Gasteiger partial charge on any atom is 0.260 e. The van der Waals surface area contributed by atoms with E-state index in [0.29, 0.717) is 24.8 Å². The van der Waals surface area contributed by atoms with Crippen LogP contribution in [0.25, 0.3) is 11.1 Å². The Balaban J connectivity index is 1.52. The SMILES string of the molecule is CN(C)c1ncc(-c2ccccc2)c(C2CCCN(C(=O)COc3ccc(F)cc3)C2)n1. The molecule has 0 spiro atoms. The van der Waals surface area contributed by atoms with Crippen LogP contribution in [0.4, 0.5) is 10.3 Å². The van der Waals surface area contributed by atoms with E-state index in [2.05, 4.69) is 17.1 Å². The van der Waals surface area contributed by atoms with Gasteiger partial charge in [0.05, 0.1) is 5.69 Å². The number of carbonyl (C=O) groups excluding carboxylic acids is 1. The molecule has 6 nitrogen and oxygen atoms in total. The highest BCUT2D eigenvalue weighted by Crippen LogP contribution is 2.34. The lowest BCUT2D eigenvalue weighted by molar-refractivity contribution is -0.134. The third kappa shape index (κ3) is 5.04. The minimum atomic E-state index is -0.335. The molecule has 1 aromatic heterocycles. The van der Waals surface area contributed by atoms with Gasteiger partial charge in [-0.05, 0) is 42.7 Å². The lowest BCUT2D eigenvalue weighted by Crippen LogP contribution is -2.41. The number of aromatic nitrogens is 2. The van der Waals surface area contributed by atoms with Gasteiger partial charge in [0.15, 0.2) is 6.61 Å². The van der Waals surface area contributed by atoms with E-state index in [0.717, 1.165) is 29.7 Å². The van der Waals surface area contributed by atoms with Crippen LogP contribution in [0.15, 0.2) is 60.8 Å². The Hall–Kier alpha value is -3.48. The number of nitrogens with zero attached hydrogens (tertiary/aromatic N) is 4. The van der Waals surface area contributed by atoms with Gasteiger partial charge in [0.2, 0.25) is 5.95 Å². The number of halogens is 1. The summed E-state index contributed by atoms with van der Waals surface area (Å²) in [7, 11) is 3.84. The molecule has 2 aromatic carbocycles. The molecule has 1 aliphatic heterocycles. The number of hydrogen-bond donors (Lipinski definition) is 0. The van der Waals surface area contributed by atoms with Crippen LogP contribution in [0.2, 0.25) is 0 Å². The third-order valence-corrected chi connectivity index (χ3v) is 5.63. The lowest BCUT2D eigenvalue weighted by Gasteiger charge is -2.33. The van der Waals surface area contributed by atoms with Crippen LogP contribution in [0.5, 0.6) is 5.75 Å². The molecule has 0 N–H and O–H groups in total. The average Bonchev–Trinajstić information content (AvgIpc) is 2.83. The van der Waals surface area contributed by atoms with Gasteiger partial charge in [-0.3, -0.25) is 4.79 Å². The summed E-state index contributed by atoms with van der Waals surface area (Å²) in [6.07, 6.45) is 3.72. The van der Waals surface area contributed by atoms with Gasteiger partial charge in [-0.25, -0.2) is 14.4 Å². The van der Waals surface area contributed by atoms with Crippen LogP contribution in [0.1, 0.15) is 24.5 Å². The number of likely N-dealkylation sites (tertiary alicyclic amines) is 1. The van der Waals surface area contributed by atoms with Crippen molar-refractivity contribution in [2.45, 2.75) is 18.8 Å². The van der Waals surface area contributed by atoms with Crippen molar-refractivity contribution in [1.82, 2.24) is 14.9 Å². The molecule has 4 rings (SSSR count). The maximum atomic E-state index is 13.1. The zero-order valence-electron chi connectivity index (χ0n) is 18.4. The number of ether oxygens (including phenoxy) is 1. The summed E-state index contributed by atoms with van der Waals surface area (Å²) in [5.41, 5.74) is 3.03. The predicted octanol–water partition coefficient (Wildman–Crippen LogP) is 4.13. The molecule has 1 amide bonds. The summed E-state index contributed by atoms with van der Waals surface area (Å²) in [5, 5.41) is 0. The van der Waals surface area contributed by atoms with Crippen LogP contribution in [-0.4, -0.2) is 54.6 Å². The highest BCUT2D eigenvalue weighted by Gasteiger charge is 2.28. The van der Waals surface area contributed by atoms with E-state index in [1.54, 1.807) is 0 Å². The van der Waals surface area contributed by atoms with Crippen molar-refractivity contribution >= 4 is 11.9 Å². The summed E-state index contributed by atoms with van der Waals surface area (Å²) >= 11 is 0. The zero-order valence-corrected chi connectivity index (χ0v) is 18.4. The first-order valence-corrected chi connectivity index (χ1v) is 10.8. The van der Waals surface area contributed by atoms with Gasteiger partial charge in [0, 0.05) is 44.9 Å². The van der Waals surface area contributed by atoms with Crippen molar-refractivity contribution in [2.24, 2.45) is 0 Å². The first-order valence-electron chi connectivity index (χ1n) is 10.8. The van der Waals surface area contributed by atoms with Gasteiger partial charge >= 0.3 is 0 Å². The Kier molecular flexibility index (Phi) is 6.63. The highest BCUT2D eigenvalue weighted by atomic mass is 19.1. The summed E-state index contributed by atoms with van der Waals surface area (Å²) in [5.74, 6) is 0.824. The van der Waals surface area contributed by atoms with E-state index in [4.69, 9.17) is 9.72 Å². The first kappa shape index (κ1) is 21.7. The summed E-state index contributed by atoms with van der Waals surface area (Å²) in [6, 6.07) is 15.8. The van der Waals surface area contributed by atoms with Crippen LogP contribution in [0, 0.1) is 5.82 Å². The Morgan fingerprint density at radius 2 is 1.91 bits per heavy atom. The van der Waals surface area contributed by atoms with Crippen molar-refractivity contribution in [3.63, 3.8) is 0 Å². The number of rotatable bonds is 6. The Morgan fingerprint density at radius 1 is 1.16 bits per heavy atom. The minimum Gasteiger partial charge on any atom is -0.484 e. The molecule has 2 heterocycles. The number of amides is 1. The number of benzene rings is 2. The summed E-state index contributed by atoms with van der Waals surface area (Å²) < 4.78 is 18.6. The molecule has 0 bridgehead atoms. The Morgan fingerprint density at radius 3 is 2.62 bits per heavy atom. The van der Waals surface area contributed by atoms with Crippen LogP contribution < -0.4 is 9.64 Å².